The van der Waals surface area contributed by atoms with Crippen LogP contribution in [0.4, 0.5) is 17.1 Å². The Morgan fingerprint density at radius 1 is 1.43 bits per heavy atom. The summed E-state index contributed by atoms with van der Waals surface area (Å²) >= 11 is 0. The van der Waals surface area contributed by atoms with E-state index < -0.39 is 0 Å². The molecule has 0 fully saturated rings. The number of nitrogens with zero attached hydrogens (tertiary/aromatic N) is 2. The fraction of sp³-hybridized carbons (Fsp3) is 0. The number of hydrogen-bond acceptors (Lipinski definition) is 4. The first-order chi connectivity index (χ1) is 6.63. The zero-order valence-electron chi connectivity index (χ0n) is 7.57. The number of anilines is 2. The van der Waals surface area contributed by atoms with Crippen LogP contribution in [-0.2, 0) is 0 Å². The standard InChI is InChI=1S/C9H11N5/c1-2-9(12)14-13-8-4-3-6(10)5-7(8)11/h2-5,12H,1,10-11H2. The zero-order valence-corrected chi connectivity index (χ0v) is 7.57. The van der Waals surface area contributed by atoms with E-state index in [1.54, 1.807) is 18.2 Å². The summed E-state index contributed by atoms with van der Waals surface area (Å²) in [7, 11) is 0. The van der Waals surface area contributed by atoms with Crippen LogP contribution < -0.4 is 11.5 Å². The lowest BCUT2D eigenvalue weighted by Crippen LogP contribution is -1.89. The second kappa shape index (κ2) is 4.18. The molecule has 0 spiro atoms. The van der Waals surface area contributed by atoms with Crippen molar-refractivity contribution in [3.05, 3.63) is 30.9 Å². The molecule has 1 aromatic carbocycles. The summed E-state index contributed by atoms with van der Waals surface area (Å²) in [5.74, 6) is -0.0128. The van der Waals surface area contributed by atoms with Gasteiger partial charge in [-0.2, -0.15) is 0 Å². The molecule has 0 aliphatic heterocycles. The van der Waals surface area contributed by atoms with Gasteiger partial charge in [-0.3, -0.25) is 5.41 Å². The van der Waals surface area contributed by atoms with Crippen molar-refractivity contribution in [2.24, 2.45) is 10.2 Å². The van der Waals surface area contributed by atoms with E-state index in [1.807, 2.05) is 0 Å². The lowest BCUT2D eigenvalue weighted by atomic mass is 10.2. The molecule has 5 heteroatoms. The number of nitrogen functional groups attached to an aromatic ring is 2. The number of hydrogen-bond donors (Lipinski definition) is 3. The maximum Gasteiger partial charge on any atom is 0.166 e. The number of amidine groups is 1. The molecule has 5 N–H and O–H groups in total. The fourth-order valence-corrected chi connectivity index (χ4v) is 0.813. The van der Waals surface area contributed by atoms with Crippen molar-refractivity contribution in [2.45, 2.75) is 0 Å². The highest BCUT2D eigenvalue weighted by Gasteiger charge is 1.97. The van der Waals surface area contributed by atoms with Crippen molar-refractivity contribution in [2.75, 3.05) is 11.5 Å². The first-order valence-electron chi connectivity index (χ1n) is 3.91. The SMILES string of the molecule is C=CC(=N)N=Nc1ccc(N)cc1N. The van der Waals surface area contributed by atoms with Gasteiger partial charge in [0, 0.05) is 5.69 Å². The molecule has 0 amide bonds. The summed E-state index contributed by atoms with van der Waals surface area (Å²) < 4.78 is 0. The molecule has 0 heterocycles. The average Bonchev–Trinajstić information content (AvgIpc) is 2.16. The molecular weight excluding hydrogens is 178 g/mol. The van der Waals surface area contributed by atoms with Crippen molar-refractivity contribution in [1.29, 1.82) is 5.41 Å². The van der Waals surface area contributed by atoms with Gasteiger partial charge in [0.2, 0.25) is 0 Å². The predicted molar refractivity (Wildman–Crippen MR) is 57.7 cm³/mol. The van der Waals surface area contributed by atoms with Crippen LogP contribution in [0.25, 0.3) is 0 Å². The molecule has 1 aromatic rings. The number of rotatable bonds is 2. The Kier molecular flexibility index (Phi) is 2.96. The topological polar surface area (TPSA) is 101 Å². The second-order valence-corrected chi connectivity index (χ2v) is 2.61. The van der Waals surface area contributed by atoms with Crippen LogP contribution in [-0.4, -0.2) is 5.84 Å². The van der Waals surface area contributed by atoms with Crippen molar-refractivity contribution in [3.8, 4) is 0 Å². The molecule has 0 bridgehead atoms. The zero-order chi connectivity index (χ0) is 10.6. The lowest BCUT2D eigenvalue weighted by molar-refractivity contribution is 1.25. The van der Waals surface area contributed by atoms with Gasteiger partial charge in [-0.1, -0.05) is 6.58 Å². The minimum Gasteiger partial charge on any atom is -0.399 e. The Bertz CT molecular complexity index is 394. The van der Waals surface area contributed by atoms with E-state index in [9.17, 15) is 0 Å². The van der Waals surface area contributed by atoms with E-state index in [0.29, 0.717) is 17.1 Å². The third kappa shape index (κ3) is 2.41. The fourth-order valence-electron chi connectivity index (χ4n) is 0.813. The average molecular weight is 189 g/mol. The highest BCUT2D eigenvalue weighted by Crippen LogP contribution is 2.24. The third-order valence-electron chi connectivity index (χ3n) is 1.51. The molecule has 72 valence electrons. The molecule has 0 aliphatic carbocycles. The maximum absolute atomic E-state index is 7.16. The molecule has 0 unspecified atom stereocenters. The van der Waals surface area contributed by atoms with E-state index in [0.717, 1.165) is 0 Å². The quantitative estimate of drug-likeness (QED) is 0.287. The molecular formula is C9H11N5. The van der Waals surface area contributed by atoms with E-state index >= 15 is 0 Å². The van der Waals surface area contributed by atoms with Crippen molar-refractivity contribution in [1.82, 2.24) is 0 Å². The molecule has 1 rings (SSSR count). The summed E-state index contributed by atoms with van der Waals surface area (Å²) in [4.78, 5) is 0. The van der Waals surface area contributed by atoms with Crippen molar-refractivity contribution >= 4 is 22.9 Å². The predicted octanol–water partition coefficient (Wildman–Crippen LogP) is 2.10. The van der Waals surface area contributed by atoms with Gasteiger partial charge in [0.25, 0.3) is 0 Å². The summed E-state index contributed by atoms with van der Waals surface area (Å²) in [6.07, 6.45) is 1.29. The smallest absolute Gasteiger partial charge is 0.166 e. The Morgan fingerprint density at radius 3 is 2.71 bits per heavy atom. The Labute approximate surface area is 81.6 Å². The monoisotopic (exact) mass is 189 g/mol. The molecule has 0 atom stereocenters. The number of benzene rings is 1. The van der Waals surface area contributed by atoms with Crippen LogP contribution in [0.3, 0.4) is 0 Å². The Morgan fingerprint density at radius 2 is 2.14 bits per heavy atom. The summed E-state index contributed by atoms with van der Waals surface area (Å²) in [6.45, 7) is 3.38. The number of azo groups is 1. The van der Waals surface area contributed by atoms with E-state index in [1.165, 1.54) is 6.08 Å². The van der Waals surface area contributed by atoms with Crippen LogP contribution in [0.1, 0.15) is 0 Å². The largest absolute Gasteiger partial charge is 0.399 e. The van der Waals surface area contributed by atoms with Crippen LogP contribution in [0.2, 0.25) is 0 Å². The number of nitrogens with one attached hydrogen (secondary N) is 1. The highest BCUT2D eigenvalue weighted by atomic mass is 15.1. The van der Waals surface area contributed by atoms with Gasteiger partial charge in [0.05, 0.1) is 5.69 Å². The van der Waals surface area contributed by atoms with Gasteiger partial charge in [-0.15, -0.1) is 10.2 Å². The van der Waals surface area contributed by atoms with E-state index in [4.69, 9.17) is 16.9 Å². The van der Waals surface area contributed by atoms with Gasteiger partial charge in [0.15, 0.2) is 5.84 Å². The van der Waals surface area contributed by atoms with Crippen LogP contribution in [0, 0.1) is 5.41 Å². The summed E-state index contributed by atoms with van der Waals surface area (Å²) in [5.41, 5.74) is 12.6. The molecule has 0 saturated carbocycles. The van der Waals surface area contributed by atoms with Gasteiger partial charge >= 0.3 is 0 Å². The molecule has 5 nitrogen and oxygen atoms in total. The molecule has 0 aliphatic rings. The Hall–Kier alpha value is -2.17. The third-order valence-corrected chi connectivity index (χ3v) is 1.51. The van der Waals surface area contributed by atoms with Crippen LogP contribution in [0.15, 0.2) is 41.1 Å². The maximum atomic E-state index is 7.16. The minimum atomic E-state index is -0.0128. The van der Waals surface area contributed by atoms with Crippen LogP contribution >= 0.6 is 0 Å². The Balaban J connectivity index is 2.92. The normalized spacial score (nSPS) is 10.3. The molecule has 0 aromatic heterocycles. The second-order valence-electron chi connectivity index (χ2n) is 2.61. The molecule has 14 heavy (non-hydrogen) atoms. The first kappa shape index (κ1) is 9.91. The molecule has 0 radical (unpaired) electrons. The molecule has 0 saturated heterocycles. The van der Waals surface area contributed by atoms with Gasteiger partial charge in [0.1, 0.15) is 5.69 Å². The number of nitrogens with two attached hydrogens (primary N) is 2. The first-order valence-corrected chi connectivity index (χ1v) is 3.91. The van der Waals surface area contributed by atoms with E-state index in [2.05, 4.69) is 16.8 Å². The minimum absolute atomic E-state index is 0.0128. The van der Waals surface area contributed by atoms with Crippen molar-refractivity contribution < 1.29 is 0 Å². The summed E-state index contributed by atoms with van der Waals surface area (Å²) in [6, 6.07) is 4.90. The van der Waals surface area contributed by atoms with Crippen LogP contribution in [0.5, 0.6) is 0 Å². The highest BCUT2D eigenvalue weighted by molar-refractivity contribution is 5.90. The van der Waals surface area contributed by atoms with E-state index in [-0.39, 0.29) is 5.84 Å². The van der Waals surface area contributed by atoms with Gasteiger partial charge in [-0.05, 0) is 24.3 Å². The van der Waals surface area contributed by atoms with Gasteiger partial charge in [-0.25, -0.2) is 0 Å². The van der Waals surface area contributed by atoms with Gasteiger partial charge < -0.3 is 11.5 Å². The lowest BCUT2D eigenvalue weighted by Gasteiger charge is -1.99. The van der Waals surface area contributed by atoms with Crippen molar-refractivity contribution in [3.63, 3.8) is 0 Å². The summed E-state index contributed by atoms with van der Waals surface area (Å²) in [5, 5.41) is 14.5.